The summed E-state index contributed by atoms with van der Waals surface area (Å²) in [6, 6.07) is 0. The molecule has 0 aromatic heterocycles. The number of guanidine groups is 1. The van der Waals surface area contributed by atoms with E-state index >= 15 is 0 Å². The first-order valence-electron chi connectivity index (χ1n) is 12.4. The monoisotopic (exact) mass is 412 g/mol. The van der Waals surface area contributed by atoms with Crippen molar-refractivity contribution < 1.29 is 5.11 Å². The normalized spacial score (nSPS) is 46.3. The quantitative estimate of drug-likeness (QED) is 0.371. The van der Waals surface area contributed by atoms with Gasteiger partial charge < -0.3 is 15.7 Å². The van der Waals surface area contributed by atoms with Gasteiger partial charge in [0, 0.05) is 19.3 Å². The molecule has 0 radical (unpaired) electrons. The standard InChI is InChI=1S/C25H40N4O/c1-16(15-28-29-23-26-12-13-27-23)20-6-7-21-19-5-4-17-14-18(30)8-10-24(17,2)22(19)9-11-25(20,21)3/h4,15-16,18-22,30H,5-14H2,1-3H3,(H2,26,27,29)/b28-15-/t16?,18-,19?,20+,21?,22?,24-,25+/m0/s1. The minimum absolute atomic E-state index is 0.107. The molecule has 4 aliphatic carbocycles. The maximum Gasteiger partial charge on any atom is 0.216 e. The number of hydrogen-bond acceptors (Lipinski definition) is 3. The molecule has 1 aliphatic heterocycles. The molecule has 5 nitrogen and oxygen atoms in total. The van der Waals surface area contributed by atoms with Crippen molar-refractivity contribution in [2.45, 2.75) is 78.2 Å². The van der Waals surface area contributed by atoms with Crippen LogP contribution in [0.2, 0.25) is 0 Å². The van der Waals surface area contributed by atoms with Crippen LogP contribution in [0.3, 0.4) is 0 Å². The number of nitrogens with one attached hydrogen (secondary N) is 2. The molecule has 0 spiro atoms. The van der Waals surface area contributed by atoms with Gasteiger partial charge in [-0.05, 0) is 91.8 Å². The SMILES string of the molecule is CC(/C=N\N=C1NCCN1)[C@H]1CCC2C3CC=C4C[C@@H](O)CC[C@]4(C)C3CC[C@@]21C. The van der Waals surface area contributed by atoms with Gasteiger partial charge in [0.25, 0.3) is 0 Å². The Bertz CT molecular complexity index is 752. The first kappa shape index (κ1) is 20.5. The average molecular weight is 413 g/mol. The fourth-order valence-corrected chi connectivity index (χ4v) is 8.34. The number of nitrogens with zero attached hydrogens (tertiary/aromatic N) is 2. The Labute approximate surface area is 181 Å². The van der Waals surface area contributed by atoms with Crippen LogP contribution < -0.4 is 10.6 Å². The van der Waals surface area contributed by atoms with E-state index in [1.165, 1.54) is 38.5 Å². The Kier molecular flexibility index (Phi) is 5.24. The molecule has 0 amide bonds. The predicted octanol–water partition coefficient (Wildman–Crippen LogP) is 4.10. The van der Waals surface area contributed by atoms with E-state index in [4.69, 9.17) is 0 Å². The minimum atomic E-state index is -0.107. The Morgan fingerprint density at radius 3 is 2.70 bits per heavy atom. The molecule has 4 unspecified atom stereocenters. The third-order valence-electron chi connectivity index (χ3n) is 9.96. The van der Waals surface area contributed by atoms with E-state index in [0.29, 0.717) is 22.7 Å². The summed E-state index contributed by atoms with van der Waals surface area (Å²) in [4.78, 5) is 0. The maximum atomic E-state index is 10.2. The Balaban J connectivity index is 1.32. The van der Waals surface area contributed by atoms with Gasteiger partial charge in [0.1, 0.15) is 0 Å². The fraction of sp³-hybridized carbons (Fsp3) is 0.840. The van der Waals surface area contributed by atoms with Gasteiger partial charge in [-0.2, -0.15) is 5.10 Å². The van der Waals surface area contributed by atoms with Crippen molar-refractivity contribution in [3.05, 3.63) is 11.6 Å². The van der Waals surface area contributed by atoms with Crippen molar-refractivity contribution >= 4 is 12.2 Å². The zero-order chi connectivity index (χ0) is 20.9. The summed E-state index contributed by atoms with van der Waals surface area (Å²) in [5.41, 5.74) is 2.35. The fourth-order valence-electron chi connectivity index (χ4n) is 8.34. The summed E-state index contributed by atoms with van der Waals surface area (Å²) in [5, 5.41) is 25.4. The molecule has 5 rings (SSSR count). The van der Waals surface area contributed by atoms with E-state index in [0.717, 1.165) is 49.6 Å². The molecule has 166 valence electrons. The summed E-state index contributed by atoms with van der Waals surface area (Å²) in [7, 11) is 0. The summed E-state index contributed by atoms with van der Waals surface area (Å²) in [6.07, 6.45) is 14.3. The molecule has 0 aromatic rings. The lowest BCUT2D eigenvalue weighted by Crippen LogP contribution is -2.50. The summed E-state index contributed by atoms with van der Waals surface area (Å²) in [6.45, 7) is 9.34. The lowest BCUT2D eigenvalue weighted by molar-refractivity contribution is -0.0529. The van der Waals surface area contributed by atoms with E-state index in [1.54, 1.807) is 5.57 Å². The molecule has 4 fully saturated rings. The molecule has 8 atom stereocenters. The molecule has 0 aromatic carbocycles. The molecular formula is C25H40N4O. The number of fused-ring (bicyclic) bond motifs is 5. The number of aliphatic hydroxyl groups excluding tert-OH is 1. The van der Waals surface area contributed by atoms with Crippen LogP contribution >= 0.6 is 0 Å². The molecule has 0 bridgehead atoms. The number of allylic oxidation sites excluding steroid dienone is 1. The third-order valence-corrected chi connectivity index (χ3v) is 9.96. The van der Waals surface area contributed by atoms with Crippen molar-refractivity contribution in [3.8, 4) is 0 Å². The lowest BCUT2D eigenvalue weighted by Gasteiger charge is -2.58. The van der Waals surface area contributed by atoms with Gasteiger partial charge in [0.15, 0.2) is 0 Å². The minimum Gasteiger partial charge on any atom is -0.393 e. The molecule has 5 heteroatoms. The number of aliphatic hydroxyl groups is 1. The van der Waals surface area contributed by atoms with Crippen LogP contribution in [0, 0.1) is 40.4 Å². The second-order valence-electron chi connectivity index (χ2n) is 11.3. The number of rotatable bonds is 3. The molecule has 1 heterocycles. The Morgan fingerprint density at radius 2 is 1.90 bits per heavy atom. The van der Waals surface area contributed by atoms with Crippen LogP contribution in [0.5, 0.6) is 0 Å². The van der Waals surface area contributed by atoms with E-state index in [1.807, 2.05) is 0 Å². The molecule has 5 aliphatic rings. The molecule has 3 saturated carbocycles. The van der Waals surface area contributed by atoms with Gasteiger partial charge in [0.05, 0.1) is 6.10 Å². The van der Waals surface area contributed by atoms with Crippen LogP contribution in [-0.2, 0) is 0 Å². The Hall–Kier alpha value is -1.36. The third kappa shape index (κ3) is 3.23. The Morgan fingerprint density at radius 1 is 1.10 bits per heavy atom. The lowest BCUT2D eigenvalue weighted by atomic mass is 9.47. The van der Waals surface area contributed by atoms with Crippen molar-refractivity contribution in [1.29, 1.82) is 0 Å². The first-order chi connectivity index (χ1) is 14.4. The highest BCUT2D eigenvalue weighted by Crippen LogP contribution is 2.67. The van der Waals surface area contributed by atoms with Crippen molar-refractivity contribution in [3.63, 3.8) is 0 Å². The van der Waals surface area contributed by atoms with E-state index < -0.39 is 0 Å². The second-order valence-corrected chi connectivity index (χ2v) is 11.3. The van der Waals surface area contributed by atoms with E-state index in [2.05, 4.69) is 53.9 Å². The van der Waals surface area contributed by atoms with Gasteiger partial charge in [-0.1, -0.05) is 32.4 Å². The smallest absolute Gasteiger partial charge is 0.216 e. The summed E-state index contributed by atoms with van der Waals surface area (Å²) < 4.78 is 0. The van der Waals surface area contributed by atoms with Crippen LogP contribution in [0.15, 0.2) is 21.9 Å². The topological polar surface area (TPSA) is 69.0 Å². The zero-order valence-corrected chi connectivity index (χ0v) is 19.0. The highest BCUT2D eigenvalue weighted by molar-refractivity contribution is 5.81. The van der Waals surface area contributed by atoms with Crippen LogP contribution in [0.25, 0.3) is 0 Å². The van der Waals surface area contributed by atoms with Gasteiger partial charge in [0.2, 0.25) is 5.96 Å². The average Bonchev–Trinajstić information content (AvgIpc) is 3.35. The van der Waals surface area contributed by atoms with Gasteiger partial charge >= 0.3 is 0 Å². The molecule has 1 saturated heterocycles. The highest BCUT2D eigenvalue weighted by Gasteiger charge is 2.59. The largest absolute Gasteiger partial charge is 0.393 e. The second kappa shape index (κ2) is 7.65. The number of hydrogen-bond donors (Lipinski definition) is 3. The molecular weight excluding hydrogens is 372 g/mol. The molecule has 3 N–H and O–H groups in total. The maximum absolute atomic E-state index is 10.2. The van der Waals surface area contributed by atoms with Crippen LogP contribution in [0.4, 0.5) is 0 Å². The van der Waals surface area contributed by atoms with Crippen molar-refractivity contribution in [1.82, 2.24) is 10.6 Å². The summed E-state index contributed by atoms with van der Waals surface area (Å²) >= 11 is 0. The van der Waals surface area contributed by atoms with Gasteiger partial charge in [-0.25, -0.2) is 0 Å². The highest BCUT2D eigenvalue weighted by atomic mass is 16.3. The van der Waals surface area contributed by atoms with Gasteiger partial charge in [-0.3, -0.25) is 0 Å². The molecule has 30 heavy (non-hydrogen) atoms. The van der Waals surface area contributed by atoms with E-state index in [9.17, 15) is 5.11 Å². The van der Waals surface area contributed by atoms with Gasteiger partial charge in [-0.15, -0.1) is 5.10 Å². The van der Waals surface area contributed by atoms with Crippen LogP contribution in [0.1, 0.15) is 72.1 Å². The van der Waals surface area contributed by atoms with Crippen LogP contribution in [-0.4, -0.2) is 36.5 Å². The zero-order valence-electron chi connectivity index (χ0n) is 19.0. The van der Waals surface area contributed by atoms with E-state index in [-0.39, 0.29) is 6.10 Å². The predicted molar refractivity (Wildman–Crippen MR) is 122 cm³/mol. The summed E-state index contributed by atoms with van der Waals surface area (Å²) in [5.74, 6) is 4.47. The first-order valence-corrected chi connectivity index (χ1v) is 12.4. The van der Waals surface area contributed by atoms with Crippen molar-refractivity contribution in [2.75, 3.05) is 13.1 Å². The van der Waals surface area contributed by atoms with Crippen molar-refractivity contribution in [2.24, 2.45) is 50.6 Å².